The summed E-state index contributed by atoms with van der Waals surface area (Å²) in [4.78, 5) is 24.0. The molecule has 2 aromatic carbocycles. The average Bonchev–Trinajstić information content (AvgIpc) is 2.59. The zero-order valence-electron chi connectivity index (χ0n) is 14.2. The molecule has 0 aromatic heterocycles. The van der Waals surface area contributed by atoms with Gasteiger partial charge in [0.25, 0.3) is 0 Å². The maximum atomic E-state index is 12.0. The molecule has 0 heterocycles. The number of rotatable bonds is 3. The molecule has 1 aliphatic rings. The first kappa shape index (κ1) is 17.2. The van der Waals surface area contributed by atoms with Gasteiger partial charge in [0.15, 0.2) is 0 Å². The Labute approximate surface area is 147 Å². The van der Waals surface area contributed by atoms with Crippen LogP contribution in [0.25, 0.3) is 0 Å². The number of amides is 2. The Hall–Kier alpha value is -2.66. The van der Waals surface area contributed by atoms with Crippen LogP contribution in [0.2, 0.25) is 0 Å². The predicted molar refractivity (Wildman–Crippen MR) is 96.2 cm³/mol. The van der Waals surface area contributed by atoms with Crippen LogP contribution in [0.15, 0.2) is 48.5 Å². The zero-order chi connectivity index (χ0) is 17.9. The molecule has 0 aliphatic heterocycles. The van der Waals surface area contributed by atoms with Gasteiger partial charge < -0.3 is 15.7 Å². The SMILES string of the molecule is Cc1cccc(NC(=O)C(=O)NC[C@@]2(O)CCc3ccccc3C2)c1. The number of nitrogens with one attached hydrogen (secondary N) is 2. The van der Waals surface area contributed by atoms with Crippen LogP contribution in [-0.4, -0.2) is 29.1 Å². The summed E-state index contributed by atoms with van der Waals surface area (Å²) in [6.07, 6.45) is 1.80. The maximum Gasteiger partial charge on any atom is 0.313 e. The Kier molecular flexibility index (Phi) is 4.86. The third-order valence-electron chi connectivity index (χ3n) is 4.56. The topological polar surface area (TPSA) is 78.4 Å². The van der Waals surface area contributed by atoms with E-state index in [0.29, 0.717) is 18.5 Å². The molecular weight excluding hydrogens is 316 g/mol. The lowest BCUT2D eigenvalue weighted by Gasteiger charge is -2.33. The van der Waals surface area contributed by atoms with Gasteiger partial charge in [-0.05, 0) is 48.6 Å². The molecule has 1 atom stereocenters. The Morgan fingerprint density at radius 2 is 1.84 bits per heavy atom. The molecule has 0 saturated heterocycles. The minimum Gasteiger partial charge on any atom is -0.388 e. The quantitative estimate of drug-likeness (QED) is 0.749. The second-order valence-corrected chi connectivity index (χ2v) is 6.68. The summed E-state index contributed by atoms with van der Waals surface area (Å²) >= 11 is 0. The predicted octanol–water partition coefficient (Wildman–Crippen LogP) is 1.97. The smallest absolute Gasteiger partial charge is 0.313 e. The van der Waals surface area contributed by atoms with Gasteiger partial charge in [0.2, 0.25) is 0 Å². The van der Waals surface area contributed by atoms with E-state index in [9.17, 15) is 14.7 Å². The highest BCUT2D eigenvalue weighted by Crippen LogP contribution is 2.28. The first-order chi connectivity index (χ1) is 12.0. The molecule has 2 aromatic rings. The van der Waals surface area contributed by atoms with E-state index in [-0.39, 0.29) is 6.54 Å². The Bertz CT molecular complexity index is 803. The largest absolute Gasteiger partial charge is 0.388 e. The lowest BCUT2D eigenvalue weighted by atomic mass is 9.80. The summed E-state index contributed by atoms with van der Waals surface area (Å²) in [6.45, 7) is 1.97. The second kappa shape index (κ2) is 7.07. The van der Waals surface area contributed by atoms with Crippen molar-refractivity contribution in [2.45, 2.75) is 31.8 Å². The van der Waals surface area contributed by atoms with Gasteiger partial charge in [0.05, 0.1) is 5.60 Å². The molecule has 130 valence electrons. The highest BCUT2D eigenvalue weighted by molar-refractivity contribution is 6.39. The fourth-order valence-corrected chi connectivity index (χ4v) is 3.17. The molecule has 25 heavy (non-hydrogen) atoms. The molecule has 0 radical (unpaired) electrons. The third-order valence-corrected chi connectivity index (χ3v) is 4.56. The van der Waals surface area contributed by atoms with E-state index < -0.39 is 17.4 Å². The number of carbonyl (C=O) groups excluding carboxylic acids is 2. The minimum absolute atomic E-state index is 0.0569. The molecule has 0 fully saturated rings. The average molecular weight is 338 g/mol. The van der Waals surface area contributed by atoms with Crippen molar-refractivity contribution in [2.75, 3.05) is 11.9 Å². The van der Waals surface area contributed by atoms with Crippen molar-refractivity contribution in [1.82, 2.24) is 5.32 Å². The first-order valence-electron chi connectivity index (χ1n) is 8.40. The molecule has 0 unspecified atom stereocenters. The van der Waals surface area contributed by atoms with Crippen LogP contribution < -0.4 is 10.6 Å². The Morgan fingerprint density at radius 1 is 1.08 bits per heavy atom. The van der Waals surface area contributed by atoms with Crippen LogP contribution in [0.3, 0.4) is 0 Å². The molecule has 0 spiro atoms. The molecule has 0 bridgehead atoms. The fourth-order valence-electron chi connectivity index (χ4n) is 3.17. The van der Waals surface area contributed by atoms with E-state index in [0.717, 1.165) is 17.5 Å². The molecule has 2 amide bonds. The van der Waals surface area contributed by atoms with E-state index in [1.165, 1.54) is 5.56 Å². The molecule has 5 heteroatoms. The van der Waals surface area contributed by atoms with Crippen molar-refractivity contribution in [1.29, 1.82) is 0 Å². The summed E-state index contributed by atoms with van der Waals surface area (Å²) < 4.78 is 0. The van der Waals surface area contributed by atoms with Crippen molar-refractivity contribution >= 4 is 17.5 Å². The van der Waals surface area contributed by atoms with E-state index in [4.69, 9.17) is 0 Å². The number of aryl methyl sites for hydroxylation is 2. The number of aliphatic hydroxyl groups is 1. The third kappa shape index (κ3) is 4.25. The van der Waals surface area contributed by atoms with Crippen molar-refractivity contribution in [2.24, 2.45) is 0 Å². The second-order valence-electron chi connectivity index (χ2n) is 6.68. The summed E-state index contributed by atoms with van der Waals surface area (Å²) in [6, 6.07) is 15.2. The van der Waals surface area contributed by atoms with Gasteiger partial charge >= 0.3 is 11.8 Å². The van der Waals surface area contributed by atoms with Gasteiger partial charge in [-0.25, -0.2) is 0 Å². The Morgan fingerprint density at radius 3 is 2.60 bits per heavy atom. The van der Waals surface area contributed by atoms with Crippen LogP contribution in [0, 0.1) is 6.92 Å². The van der Waals surface area contributed by atoms with Crippen LogP contribution in [0.1, 0.15) is 23.1 Å². The van der Waals surface area contributed by atoms with Crippen LogP contribution in [-0.2, 0) is 22.4 Å². The number of hydrogen-bond acceptors (Lipinski definition) is 3. The van der Waals surface area contributed by atoms with Crippen LogP contribution in [0.4, 0.5) is 5.69 Å². The molecule has 3 N–H and O–H groups in total. The molecule has 0 saturated carbocycles. The van der Waals surface area contributed by atoms with Gasteiger partial charge in [-0.15, -0.1) is 0 Å². The van der Waals surface area contributed by atoms with Gasteiger partial charge in [-0.2, -0.15) is 0 Å². The number of hydrogen-bond donors (Lipinski definition) is 3. The molecule has 5 nitrogen and oxygen atoms in total. The number of fused-ring (bicyclic) bond motifs is 1. The summed E-state index contributed by atoms with van der Waals surface area (Å²) in [5.74, 6) is -1.47. The lowest BCUT2D eigenvalue weighted by molar-refractivity contribution is -0.136. The maximum absolute atomic E-state index is 12.0. The molecular formula is C20H22N2O3. The van der Waals surface area contributed by atoms with Gasteiger partial charge in [0.1, 0.15) is 0 Å². The zero-order valence-corrected chi connectivity index (χ0v) is 14.2. The lowest BCUT2D eigenvalue weighted by Crippen LogP contribution is -2.49. The highest BCUT2D eigenvalue weighted by Gasteiger charge is 2.32. The van der Waals surface area contributed by atoms with Crippen molar-refractivity contribution < 1.29 is 14.7 Å². The van der Waals surface area contributed by atoms with Crippen molar-refractivity contribution in [3.63, 3.8) is 0 Å². The Balaban J connectivity index is 1.56. The normalized spacial score (nSPS) is 19.0. The van der Waals surface area contributed by atoms with Gasteiger partial charge in [0, 0.05) is 18.7 Å². The number of benzene rings is 2. The van der Waals surface area contributed by atoms with E-state index >= 15 is 0 Å². The number of carbonyl (C=O) groups is 2. The minimum atomic E-state index is -1.02. The van der Waals surface area contributed by atoms with Crippen LogP contribution in [0.5, 0.6) is 0 Å². The summed E-state index contributed by atoms with van der Waals surface area (Å²) in [5, 5.41) is 15.9. The van der Waals surface area contributed by atoms with Gasteiger partial charge in [-0.3, -0.25) is 9.59 Å². The summed E-state index contributed by atoms with van der Waals surface area (Å²) in [7, 11) is 0. The highest BCUT2D eigenvalue weighted by atomic mass is 16.3. The fraction of sp³-hybridized carbons (Fsp3) is 0.300. The standard InChI is InChI=1S/C20H22N2O3/c1-14-5-4-8-17(11-14)22-19(24)18(23)21-13-20(25)10-9-15-6-2-3-7-16(15)12-20/h2-8,11,25H,9-10,12-13H2,1H3,(H,21,23)(H,22,24)/t20-/m1/s1. The van der Waals surface area contributed by atoms with Crippen molar-refractivity contribution in [3.8, 4) is 0 Å². The first-order valence-corrected chi connectivity index (χ1v) is 8.40. The van der Waals surface area contributed by atoms with E-state index in [1.807, 2.05) is 37.3 Å². The van der Waals surface area contributed by atoms with E-state index in [1.54, 1.807) is 12.1 Å². The van der Waals surface area contributed by atoms with Crippen LogP contribution >= 0.6 is 0 Å². The monoisotopic (exact) mass is 338 g/mol. The molecule has 1 aliphatic carbocycles. The summed E-state index contributed by atoms with van der Waals surface area (Å²) in [5.41, 5.74) is 2.87. The molecule has 3 rings (SSSR count). The van der Waals surface area contributed by atoms with Gasteiger partial charge in [-0.1, -0.05) is 36.4 Å². The van der Waals surface area contributed by atoms with E-state index in [2.05, 4.69) is 16.7 Å². The number of anilines is 1. The van der Waals surface area contributed by atoms with Crippen molar-refractivity contribution in [3.05, 3.63) is 65.2 Å².